The molecular weight excluding hydrogens is 402 g/mol. The quantitative estimate of drug-likeness (QED) is 0.420. The lowest BCUT2D eigenvalue weighted by Crippen LogP contribution is -2.24. The molecule has 0 unspecified atom stereocenters. The summed E-state index contributed by atoms with van der Waals surface area (Å²) in [6, 6.07) is 12.3. The van der Waals surface area contributed by atoms with Crippen LogP contribution in [0.2, 0.25) is 0 Å². The highest BCUT2D eigenvalue weighted by Crippen LogP contribution is 2.37. The SMILES string of the molecule is CCOc1cc(/C=C2\C(=O)N(c3cccc(SC)c3)C(C)=C2C(=O)OC)ccc1O. The van der Waals surface area contributed by atoms with E-state index in [0.717, 1.165) is 4.90 Å². The molecule has 0 spiro atoms. The molecule has 2 aromatic carbocycles. The number of hydrogen-bond donors (Lipinski definition) is 1. The topological polar surface area (TPSA) is 76.1 Å². The number of benzene rings is 2. The lowest BCUT2D eigenvalue weighted by atomic mass is 10.0. The Balaban J connectivity index is 2.12. The fourth-order valence-corrected chi connectivity index (χ4v) is 3.75. The average molecular weight is 426 g/mol. The minimum absolute atomic E-state index is 0.00664. The van der Waals surface area contributed by atoms with Gasteiger partial charge in [0.15, 0.2) is 11.5 Å². The van der Waals surface area contributed by atoms with Gasteiger partial charge in [-0.15, -0.1) is 11.8 Å². The number of anilines is 1. The predicted octanol–water partition coefficient (Wildman–Crippen LogP) is 4.39. The molecule has 1 N–H and O–H groups in total. The molecule has 156 valence electrons. The Hall–Kier alpha value is -3.19. The van der Waals surface area contributed by atoms with Crippen molar-refractivity contribution in [2.75, 3.05) is 24.9 Å². The van der Waals surface area contributed by atoms with Crippen LogP contribution in [0.5, 0.6) is 11.5 Å². The van der Waals surface area contributed by atoms with Gasteiger partial charge in [-0.3, -0.25) is 9.69 Å². The van der Waals surface area contributed by atoms with Crippen LogP contribution in [0, 0.1) is 0 Å². The molecule has 1 aliphatic rings. The van der Waals surface area contributed by atoms with E-state index >= 15 is 0 Å². The van der Waals surface area contributed by atoms with Gasteiger partial charge in [-0.05, 0) is 62.1 Å². The number of rotatable bonds is 6. The minimum Gasteiger partial charge on any atom is -0.504 e. The maximum atomic E-state index is 13.3. The number of amides is 1. The highest BCUT2D eigenvalue weighted by Gasteiger charge is 2.38. The number of thioether (sulfide) groups is 1. The summed E-state index contributed by atoms with van der Waals surface area (Å²) < 4.78 is 10.4. The Morgan fingerprint density at radius 1 is 1.23 bits per heavy atom. The van der Waals surface area contributed by atoms with E-state index in [1.54, 1.807) is 36.9 Å². The number of methoxy groups -OCH3 is 1. The molecule has 6 nitrogen and oxygen atoms in total. The monoisotopic (exact) mass is 425 g/mol. The van der Waals surface area contributed by atoms with Crippen molar-refractivity contribution in [1.82, 2.24) is 0 Å². The third-order valence-electron chi connectivity index (χ3n) is 4.70. The summed E-state index contributed by atoms with van der Waals surface area (Å²) in [6.45, 7) is 3.92. The Bertz CT molecular complexity index is 1060. The van der Waals surface area contributed by atoms with Crippen LogP contribution < -0.4 is 9.64 Å². The van der Waals surface area contributed by atoms with Crippen molar-refractivity contribution in [3.8, 4) is 11.5 Å². The van der Waals surface area contributed by atoms with Gasteiger partial charge >= 0.3 is 5.97 Å². The van der Waals surface area contributed by atoms with Crippen LogP contribution in [0.1, 0.15) is 19.4 Å². The van der Waals surface area contributed by atoms with Crippen molar-refractivity contribution >= 4 is 35.4 Å². The van der Waals surface area contributed by atoms with Crippen molar-refractivity contribution in [3.05, 3.63) is 64.9 Å². The van der Waals surface area contributed by atoms with Crippen LogP contribution in [0.25, 0.3) is 6.08 Å². The average Bonchev–Trinajstić information content (AvgIpc) is 2.99. The lowest BCUT2D eigenvalue weighted by Gasteiger charge is -2.18. The van der Waals surface area contributed by atoms with Gasteiger partial charge in [0.25, 0.3) is 5.91 Å². The lowest BCUT2D eigenvalue weighted by molar-refractivity contribution is -0.136. The number of nitrogens with zero attached hydrogens (tertiary/aromatic N) is 1. The summed E-state index contributed by atoms with van der Waals surface area (Å²) in [4.78, 5) is 28.4. The standard InChI is InChI=1S/C23H23NO5S/c1-5-29-20-12-15(9-10-19(20)25)11-18-21(23(27)28-3)14(2)24(22(18)26)16-7-6-8-17(13-16)30-4/h6-13,25H,5H2,1-4H3/b18-11-. The maximum Gasteiger partial charge on any atom is 0.340 e. The third kappa shape index (κ3) is 4.07. The summed E-state index contributed by atoms with van der Waals surface area (Å²) in [5.74, 6) is -0.592. The summed E-state index contributed by atoms with van der Waals surface area (Å²) >= 11 is 1.57. The summed E-state index contributed by atoms with van der Waals surface area (Å²) in [7, 11) is 1.29. The Labute approximate surface area is 179 Å². The molecule has 3 rings (SSSR count). The molecule has 0 atom stereocenters. The summed E-state index contributed by atoms with van der Waals surface area (Å²) in [6.07, 6.45) is 3.57. The van der Waals surface area contributed by atoms with E-state index in [9.17, 15) is 14.7 Å². The first-order chi connectivity index (χ1) is 14.4. The Kier molecular flexibility index (Phi) is 6.52. The van der Waals surface area contributed by atoms with Crippen molar-refractivity contribution in [2.45, 2.75) is 18.7 Å². The number of carbonyl (C=O) groups excluding carboxylic acids is 2. The fraction of sp³-hybridized carbons (Fsp3) is 0.217. The molecule has 1 aliphatic heterocycles. The van der Waals surface area contributed by atoms with Crippen molar-refractivity contribution in [2.24, 2.45) is 0 Å². The summed E-state index contributed by atoms with van der Waals surface area (Å²) in [5.41, 5.74) is 2.23. The zero-order chi connectivity index (χ0) is 21.8. The van der Waals surface area contributed by atoms with E-state index in [4.69, 9.17) is 9.47 Å². The van der Waals surface area contributed by atoms with E-state index < -0.39 is 5.97 Å². The molecule has 0 saturated carbocycles. The first-order valence-corrected chi connectivity index (χ1v) is 10.6. The summed E-state index contributed by atoms with van der Waals surface area (Å²) in [5, 5.41) is 9.93. The molecule has 0 radical (unpaired) electrons. The molecule has 0 aliphatic carbocycles. The Morgan fingerprint density at radius 2 is 2.00 bits per heavy atom. The van der Waals surface area contributed by atoms with Crippen LogP contribution in [-0.4, -0.2) is 37.0 Å². The van der Waals surface area contributed by atoms with Crippen LogP contribution in [0.4, 0.5) is 5.69 Å². The first kappa shape index (κ1) is 21.5. The molecule has 0 bridgehead atoms. The maximum absolute atomic E-state index is 13.3. The van der Waals surface area contributed by atoms with Crippen molar-refractivity contribution < 1.29 is 24.2 Å². The largest absolute Gasteiger partial charge is 0.504 e. The van der Waals surface area contributed by atoms with Gasteiger partial charge < -0.3 is 14.6 Å². The van der Waals surface area contributed by atoms with Crippen molar-refractivity contribution in [1.29, 1.82) is 0 Å². The second-order valence-electron chi connectivity index (χ2n) is 6.51. The number of ether oxygens (including phenoxy) is 2. The molecular formula is C23H23NO5S. The molecule has 7 heteroatoms. The molecule has 1 amide bonds. The zero-order valence-electron chi connectivity index (χ0n) is 17.3. The number of aromatic hydroxyl groups is 1. The van der Waals surface area contributed by atoms with E-state index in [2.05, 4.69) is 0 Å². The van der Waals surface area contributed by atoms with Crippen LogP contribution in [-0.2, 0) is 14.3 Å². The molecule has 0 aromatic heterocycles. The highest BCUT2D eigenvalue weighted by molar-refractivity contribution is 7.98. The molecule has 2 aromatic rings. The normalized spacial score (nSPS) is 15.1. The van der Waals surface area contributed by atoms with Gasteiger partial charge in [-0.25, -0.2) is 4.79 Å². The van der Waals surface area contributed by atoms with Gasteiger partial charge in [0.1, 0.15) is 0 Å². The zero-order valence-corrected chi connectivity index (χ0v) is 18.1. The minimum atomic E-state index is -0.584. The number of esters is 1. The van der Waals surface area contributed by atoms with Gasteiger partial charge in [-0.2, -0.15) is 0 Å². The third-order valence-corrected chi connectivity index (χ3v) is 5.42. The number of carbonyl (C=O) groups is 2. The van der Waals surface area contributed by atoms with Crippen LogP contribution >= 0.6 is 11.8 Å². The van der Waals surface area contributed by atoms with E-state index in [1.165, 1.54) is 18.1 Å². The van der Waals surface area contributed by atoms with Crippen LogP contribution in [0.3, 0.4) is 0 Å². The number of phenolic OH excluding ortho intramolecular Hbond substituents is 1. The van der Waals surface area contributed by atoms with E-state index in [-0.39, 0.29) is 22.8 Å². The molecule has 0 saturated heterocycles. The van der Waals surface area contributed by atoms with Gasteiger partial charge in [0.2, 0.25) is 0 Å². The fourth-order valence-electron chi connectivity index (χ4n) is 3.30. The number of hydrogen-bond acceptors (Lipinski definition) is 6. The number of phenols is 1. The molecule has 1 heterocycles. The Morgan fingerprint density at radius 3 is 2.67 bits per heavy atom. The predicted molar refractivity (Wildman–Crippen MR) is 118 cm³/mol. The highest BCUT2D eigenvalue weighted by atomic mass is 32.2. The second kappa shape index (κ2) is 9.09. The molecule has 0 fully saturated rings. The van der Waals surface area contributed by atoms with Gasteiger partial charge in [0.05, 0.1) is 30.6 Å². The number of allylic oxidation sites excluding steroid dienone is 1. The van der Waals surface area contributed by atoms with E-state index in [1.807, 2.05) is 37.4 Å². The smallest absolute Gasteiger partial charge is 0.340 e. The van der Waals surface area contributed by atoms with Gasteiger partial charge in [0, 0.05) is 10.6 Å². The van der Waals surface area contributed by atoms with Gasteiger partial charge in [-0.1, -0.05) is 12.1 Å². The van der Waals surface area contributed by atoms with Crippen LogP contribution in [0.15, 0.2) is 64.2 Å². The first-order valence-electron chi connectivity index (χ1n) is 9.36. The molecule has 30 heavy (non-hydrogen) atoms. The van der Waals surface area contributed by atoms with Crippen molar-refractivity contribution in [3.63, 3.8) is 0 Å². The van der Waals surface area contributed by atoms with E-state index in [0.29, 0.717) is 29.3 Å². The second-order valence-corrected chi connectivity index (χ2v) is 7.39.